The van der Waals surface area contributed by atoms with Gasteiger partial charge in [-0.1, -0.05) is 30.4 Å². The molecule has 0 saturated heterocycles. The van der Waals surface area contributed by atoms with Gasteiger partial charge in [-0.05, 0) is 47.4 Å². The Morgan fingerprint density at radius 2 is 1.83 bits per heavy atom. The van der Waals surface area contributed by atoms with Crippen LogP contribution in [0.25, 0.3) is 23.1 Å². The molecule has 0 radical (unpaired) electrons. The normalized spacial score (nSPS) is 12.5. The summed E-state index contributed by atoms with van der Waals surface area (Å²) in [5.41, 5.74) is 10.9. The third kappa shape index (κ3) is 4.70. The topological polar surface area (TPSA) is 66.0 Å². The first-order valence-corrected chi connectivity index (χ1v) is 9.63. The molecule has 0 unspecified atom stereocenters. The summed E-state index contributed by atoms with van der Waals surface area (Å²) >= 11 is 0. The predicted molar refractivity (Wildman–Crippen MR) is 117 cm³/mol. The van der Waals surface area contributed by atoms with E-state index in [-0.39, 0.29) is 6.04 Å². The lowest BCUT2D eigenvalue weighted by Crippen LogP contribution is -2.30. The second-order valence-corrected chi connectivity index (χ2v) is 7.13. The fourth-order valence-corrected chi connectivity index (χ4v) is 3.41. The van der Waals surface area contributed by atoms with Crippen LogP contribution in [0.3, 0.4) is 0 Å². The van der Waals surface area contributed by atoms with Gasteiger partial charge in [-0.3, -0.25) is 9.97 Å². The molecule has 5 heteroatoms. The zero-order valence-corrected chi connectivity index (χ0v) is 16.4. The Kier molecular flexibility index (Phi) is 5.68. The Morgan fingerprint density at radius 3 is 2.69 bits per heavy atom. The molecule has 4 rings (SSSR count). The first-order valence-electron chi connectivity index (χ1n) is 9.63. The highest BCUT2D eigenvalue weighted by Crippen LogP contribution is 2.21. The van der Waals surface area contributed by atoms with E-state index in [1.54, 1.807) is 24.8 Å². The fourth-order valence-electron chi connectivity index (χ4n) is 3.41. The number of rotatable bonds is 7. The summed E-state index contributed by atoms with van der Waals surface area (Å²) in [5.74, 6) is 0.718. The molecule has 146 valence electrons. The molecule has 1 aromatic carbocycles. The van der Waals surface area contributed by atoms with E-state index in [2.05, 4.69) is 52.0 Å². The van der Waals surface area contributed by atoms with Gasteiger partial charge in [0.05, 0.1) is 6.20 Å². The van der Waals surface area contributed by atoms with Crippen molar-refractivity contribution in [3.05, 3.63) is 90.1 Å². The number of hydrogen-bond donors (Lipinski definition) is 1. The lowest BCUT2D eigenvalue weighted by atomic mass is 10.1. The van der Waals surface area contributed by atoms with Gasteiger partial charge in [-0.15, -0.1) is 0 Å². The van der Waals surface area contributed by atoms with Crippen LogP contribution in [-0.2, 0) is 13.5 Å². The minimum atomic E-state index is -0.100. The summed E-state index contributed by atoms with van der Waals surface area (Å²) in [6.07, 6.45) is 14.0. The van der Waals surface area contributed by atoms with E-state index >= 15 is 0 Å². The van der Waals surface area contributed by atoms with Crippen LogP contribution in [0.1, 0.15) is 16.7 Å². The number of nitrogens with zero attached hydrogens (tertiary/aromatic N) is 3. The number of ether oxygens (including phenoxy) is 1. The average Bonchev–Trinajstić information content (AvgIpc) is 3.07. The third-order valence-electron chi connectivity index (χ3n) is 4.83. The maximum absolute atomic E-state index is 6.35. The molecule has 0 bridgehead atoms. The lowest BCUT2D eigenvalue weighted by molar-refractivity contribution is 0.286. The number of fused-ring (bicyclic) bond motifs is 1. The number of hydrogen-bond acceptors (Lipinski definition) is 4. The first kappa shape index (κ1) is 18.9. The smallest absolute Gasteiger partial charge is 0.138 e. The quantitative estimate of drug-likeness (QED) is 0.521. The van der Waals surface area contributed by atoms with Gasteiger partial charge < -0.3 is 15.0 Å². The van der Waals surface area contributed by atoms with Gasteiger partial charge in [0.25, 0.3) is 0 Å². The molecule has 29 heavy (non-hydrogen) atoms. The number of aryl methyl sites for hydroxylation is 1. The zero-order valence-electron chi connectivity index (χ0n) is 16.4. The Bertz CT molecular complexity index is 1120. The van der Waals surface area contributed by atoms with E-state index in [0.29, 0.717) is 6.61 Å². The van der Waals surface area contributed by atoms with Crippen molar-refractivity contribution >= 4 is 23.1 Å². The van der Waals surface area contributed by atoms with Gasteiger partial charge in [0.15, 0.2) is 0 Å². The summed E-state index contributed by atoms with van der Waals surface area (Å²) in [7, 11) is 2.06. The van der Waals surface area contributed by atoms with Crippen molar-refractivity contribution in [2.24, 2.45) is 12.8 Å². The van der Waals surface area contributed by atoms with Crippen molar-refractivity contribution in [2.45, 2.75) is 12.5 Å². The molecular weight excluding hydrogens is 360 g/mol. The molecule has 0 amide bonds. The molecule has 1 atom stereocenters. The molecule has 0 fully saturated rings. The van der Waals surface area contributed by atoms with Crippen LogP contribution in [0.4, 0.5) is 0 Å². The minimum absolute atomic E-state index is 0.100. The van der Waals surface area contributed by atoms with E-state index < -0.39 is 0 Å². The number of pyridine rings is 2. The number of benzene rings is 1. The SMILES string of the molecule is Cn1cc(C[C@H](N)COc2cncc(C=Cc3ccncc3)c2)c2ccccc21. The molecule has 3 aromatic heterocycles. The van der Waals surface area contributed by atoms with Crippen molar-refractivity contribution in [2.75, 3.05) is 6.61 Å². The van der Waals surface area contributed by atoms with Crippen LogP contribution in [0, 0.1) is 0 Å². The Morgan fingerprint density at radius 1 is 1.03 bits per heavy atom. The van der Waals surface area contributed by atoms with Crippen molar-refractivity contribution in [3.8, 4) is 5.75 Å². The summed E-state index contributed by atoms with van der Waals surface area (Å²) in [6.45, 7) is 0.433. The molecule has 0 aliphatic heterocycles. The summed E-state index contributed by atoms with van der Waals surface area (Å²) in [5, 5.41) is 1.25. The molecule has 0 spiro atoms. The summed E-state index contributed by atoms with van der Waals surface area (Å²) in [6, 6.07) is 14.2. The summed E-state index contributed by atoms with van der Waals surface area (Å²) in [4.78, 5) is 8.29. The minimum Gasteiger partial charge on any atom is -0.490 e. The van der Waals surface area contributed by atoms with Crippen LogP contribution in [-0.4, -0.2) is 27.2 Å². The number of aromatic nitrogens is 3. The molecule has 4 aromatic rings. The molecule has 0 aliphatic rings. The maximum Gasteiger partial charge on any atom is 0.138 e. The van der Waals surface area contributed by atoms with Gasteiger partial charge in [0, 0.05) is 48.8 Å². The highest BCUT2D eigenvalue weighted by molar-refractivity contribution is 5.83. The number of para-hydroxylation sites is 1. The van der Waals surface area contributed by atoms with Crippen LogP contribution < -0.4 is 10.5 Å². The Balaban J connectivity index is 1.38. The zero-order chi connectivity index (χ0) is 20.1. The van der Waals surface area contributed by atoms with Gasteiger partial charge >= 0.3 is 0 Å². The standard InChI is InChI=1S/C24H24N4O/c1-28-16-20(23-4-2-3-5-24(23)28)13-21(25)17-29-22-12-19(14-27-15-22)7-6-18-8-10-26-11-9-18/h2-12,14-16,21H,13,17,25H2,1H3/t21-/m0/s1. The van der Waals surface area contributed by atoms with Gasteiger partial charge in [0.2, 0.25) is 0 Å². The molecule has 5 nitrogen and oxygen atoms in total. The Hall–Kier alpha value is -3.44. The molecule has 3 heterocycles. The van der Waals surface area contributed by atoms with E-state index in [1.807, 2.05) is 30.4 Å². The third-order valence-corrected chi connectivity index (χ3v) is 4.83. The fraction of sp³-hybridized carbons (Fsp3) is 0.167. The van der Waals surface area contributed by atoms with E-state index in [0.717, 1.165) is 23.3 Å². The second kappa shape index (κ2) is 8.71. The summed E-state index contributed by atoms with van der Waals surface area (Å²) < 4.78 is 8.05. The van der Waals surface area contributed by atoms with Crippen molar-refractivity contribution < 1.29 is 4.74 Å². The molecule has 2 N–H and O–H groups in total. The number of nitrogens with two attached hydrogens (primary N) is 1. The van der Waals surface area contributed by atoms with Crippen LogP contribution in [0.2, 0.25) is 0 Å². The predicted octanol–water partition coefficient (Wildman–Crippen LogP) is 4.09. The van der Waals surface area contributed by atoms with Gasteiger partial charge in [-0.25, -0.2) is 0 Å². The van der Waals surface area contributed by atoms with Gasteiger partial charge in [-0.2, -0.15) is 0 Å². The van der Waals surface area contributed by atoms with Gasteiger partial charge in [0.1, 0.15) is 12.4 Å². The van der Waals surface area contributed by atoms with E-state index in [9.17, 15) is 0 Å². The lowest BCUT2D eigenvalue weighted by Gasteiger charge is -2.13. The average molecular weight is 384 g/mol. The molecular formula is C24H24N4O. The second-order valence-electron chi connectivity index (χ2n) is 7.13. The van der Waals surface area contributed by atoms with Crippen molar-refractivity contribution in [1.29, 1.82) is 0 Å². The van der Waals surface area contributed by atoms with Crippen LogP contribution >= 0.6 is 0 Å². The van der Waals surface area contributed by atoms with E-state index in [4.69, 9.17) is 10.5 Å². The maximum atomic E-state index is 6.35. The highest BCUT2D eigenvalue weighted by atomic mass is 16.5. The first-order chi connectivity index (χ1) is 14.2. The van der Waals surface area contributed by atoms with Crippen LogP contribution in [0.15, 0.2) is 73.4 Å². The monoisotopic (exact) mass is 384 g/mol. The van der Waals surface area contributed by atoms with Crippen LogP contribution in [0.5, 0.6) is 5.75 Å². The molecule has 0 saturated carbocycles. The highest BCUT2D eigenvalue weighted by Gasteiger charge is 2.11. The van der Waals surface area contributed by atoms with E-state index in [1.165, 1.54) is 16.5 Å². The van der Waals surface area contributed by atoms with Crippen molar-refractivity contribution in [1.82, 2.24) is 14.5 Å². The molecule has 0 aliphatic carbocycles. The largest absolute Gasteiger partial charge is 0.490 e. The Labute approximate surface area is 170 Å². The van der Waals surface area contributed by atoms with Crippen molar-refractivity contribution in [3.63, 3.8) is 0 Å².